The predicted molar refractivity (Wildman–Crippen MR) is 88.7 cm³/mol. The van der Waals surface area contributed by atoms with Crippen LogP contribution in [0.15, 0.2) is 24.3 Å². The number of carbonyl (C=O) groups excluding carboxylic acids is 3. The van der Waals surface area contributed by atoms with Crippen molar-refractivity contribution in [2.24, 2.45) is 0 Å². The topological polar surface area (TPSA) is 92.3 Å². The zero-order valence-electron chi connectivity index (χ0n) is 13.1. The highest BCUT2D eigenvalue weighted by molar-refractivity contribution is 7.15. The van der Waals surface area contributed by atoms with Crippen LogP contribution >= 0.6 is 11.3 Å². The zero-order valence-corrected chi connectivity index (χ0v) is 13.9. The molecule has 0 saturated carbocycles. The molecular weight excluding hydrogens is 328 g/mol. The number of nitrogens with one attached hydrogen (secondary N) is 1. The normalized spacial score (nSPS) is 13.3. The molecule has 1 aromatic heterocycles. The lowest BCUT2D eigenvalue weighted by Crippen LogP contribution is -2.29. The number of benzene rings is 1. The molecule has 1 aliphatic heterocycles. The van der Waals surface area contributed by atoms with Gasteiger partial charge in [-0.3, -0.25) is 19.3 Å². The smallest absolute Gasteiger partial charge is 0.261 e. The van der Waals surface area contributed by atoms with Gasteiger partial charge >= 0.3 is 0 Å². The van der Waals surface area contributed by atoms with E-state index in [4.69, 9.17) is 0 Å². The van der Waals surface area contributed by atoms with Crippen LogP contribution in [0.3, 0.4) is 0 Å². The molecule has 1 aliphatic rings. The van der Waals surface area contributed by atoms with Gasteiger partial charge in [0.25, 0.3) is 11.8 Å². The molecule has 0 radical (unpaired) electrons. The third kappa shape index (κ3) is 3.18. The van der Waals surface area contributed by atoms with Crippen molar-refractivity contribution in [2.75, 3.05) is 5.32 Å². The van der Waals surface area contributed by atoms with E-state index in [1.807, 2.05) is 6.92 Å². The van der Waals surface area contributed by atoms with Crippen LogP contribution in [-0.4, -0.2) is 32.8 Å². The number of anilines is 1. The first-order valence-electron chi connectivity index (χ1n) is 7.67. The van der Waals surface area contributed by atoms with Crippen molar-refractivity contribution in [3.05, 3.63) is 40.4 Å². The Kier molecular flexibility index (Phi) is 4.66. The van der Waals surface area contributed by atoms with Gasteiger partial charge in [0.2, 0.25) is 11.0 Å². The second-order valence-corrected chi connectivity index (χ2v) is 6.46. The van der Waals surface area contributed by atoms with E-state index in [-0.39, 0.29) is 24.3 Å². The van der Waals surface area contributed by atoms with Gasteiger partial charge in [-0.25, -0.2) is 0 Å². The molecule has 0 fully saturated rings. The van der Waals surface area contributed by atoms with Gasteiger partial charge in [-0.2, -0.15) is 0 Å². The zero-order chi connectivity index (χ0) is 17.1. The van der Waals surface area contributed by atoms with Crippen LogP contribution in [0.1, 0.15) is 51.9 Å². The first kappa shape index (κ1) is 16.3. The number of carbonyl (C=O) groups is 3. The molecular formula is C16H16N4O3S. The van der Waals surface area contributed by atoms with Gasteiger partial charge in [0.15, 0.2) is 0 Å². The molecule has 0 bridgehead atoms. The van der Waals surface area contributed by atoms with Crippen LogP contribution in [0.25, 0.3) is 0 Å². The molecule has 3 amide bonds. The van der Waals surface area contributed by atoms with E-state index in [2.05, 4.69) is 15.5 Å². The summed E-state index contributed by atoms with van der Waals surface area (Å²) >= 11 is 1.16. The molecule has 0 aliphatic carbocycles. The summed E-state index contributed by atoms with van der Waals surface area (Å²) in [6.07, 6.45) is 2.19. The molecule has 8 heteroatoms. The molecule has 7 nitrogen and oxygen atoms in total. The van der Waals surface area contributed by atoms with Crippen molar-refractivity contribution >= 4 is 34.2 Å². The maximum Gasteiger partial charge on any atom is 0.261 e. The summed E-state index contributed by atoms with van der Waals surface area (Å²) in [7, 11) is 0. The highest BCUT2D eigenvalue weighted by Gasteiger charge is 2.35. The fraction of sp³-hybridized carbons (Fsp3) is 0.312. The fourth-order valence-electron chi connectivity index (χ4n) is 2.41. The van der Waals surface area contributed by atoms with E-state index in [1.54, 1.807) is 24.3 Å². The second kappa shape index (κ2) is 6.88. The lowest BCUT2D eigenvalue weighted by molar-refractivity contribution is -0.116. The Morgan fingerprint density at radius 1 is 1.17 bits per heavy atom. The van der Waals surface area contributed by atoms with Crippen molar-refractivity contribution in [3.63, 3.8) is 0 Å². The third-order valence-electron chi connectivity index (χ3n) is 3.64. The molecule has 3 rings (SSSR count). The molecule has 2 heterocycles. The van der Waals surface area contributed by atoms with Crippen LogP contribution < -0.4 is 5.32 Å². The molecule has 1 N–H and O–H groups in total. The fourth-order valence-corrected chi connectivity index (χ4v) is 3.15. The van der Waals surface area contributed by atoms with Crippen LogP contribution in [0, 0.1) is 0 Å². The van der Waals surface area contributed by atoms with E-state index in [0.717, 1.165) is 29.1 Å². The van der Waals surface area contributed by atoms with Gasteiger partial charge in [-0.1, -0.05) is 36.8 Å². The Labute approximate surface area is 142 Å². The Morgan fingerprint density at radius 2 is 1.83 bits per heavy atom. The number of hydrogen-bond acceptors (Lipinski definition) is 6. The van der Waals surface area contributed by atoms with Gasteiger partial charge in [-0.05, 0) is 18.6 Å². The van der Waals surface area contributed by atoms with E-state index in [1.165, 1.54) is 0 Å². The highest BCUT2D eigenvalue weighted by atomic mass is 32.1. The number of fused-ring (bicyclic) bond motifs is 1. The number of rotatable bonds is 6. The minimum absolute atomic E-state index is 0.0504. The van der Waals surface area contributed by atoms with Crippen LogP contribution in [0.2, 0.25) is 0 Å². The Balaban J connectivity index is 1.67. The number of unbranched alkanes of at least 4 members (excludes halogenated alkanes) is 1. The average molecular weight is 344 g/mol. The molecule has 0 atom stereocenters. The Bertz CT molecular complexity index is 767. The minimum Gasteiger partial charge on any atom is -0.301 e. The van der Waals surface area contributed by atoms with Crippen LogP contribution in [0.4, 0.5) is 5.13 Å². The first-order chi connectivity index (χ1) is 11.6. The number of nitrogens with zero attached hydrogens (tertiary/aromatic N) is 3. The summed E-state index contributed by atoms with van der Waals surface area (Å²) in [5.41, 5.74) is 0.806. The number of aromatic nitrogens is 2. The van der Waals surface area contributed by atoms with E-state index in [0.29, 0.717) is 27.7 Å². The Morgan fingerprint density at radius 3 is 2.46 bits per heavy atom. The quantitative estimate of drug-likeness (QED) is 0.813. The monoisotopic (exact) mass is 344 g/mol. The van der Waals surface area contributed by atoms with E-state index >= 15 is 0 Å². The third-order valence-corrected chi connectivity index (χ3v) is 4.47. The van der Waals surface area contributed by atoms with Gasteiger partial charge in [-0.15, -0.1) is 10.2 Å². The van der Waals surface area contributed by atoms with E-state index < -0.39 is 0 Å². The predicted octanol–water partition coefficient (Wildman–Crippen LogP) is 2.46. The lowest BCUT2D eigenvalue weighted by atomic mass is 10.1. The summed E-state index contributed by atoms with van der Waals surface area (Å²) in [5.74, 6) is -0.779. The van der Waals surface area contributed by atoms with Crippen molar-refractivity contribution in [1.29, 1.82) is 0 Å². The van der Waals surface area contributed by atoms with Crippen molar-refractivity contribution < 1.29 is 14.4 Å². The summed E-state index contributed by atoms with van der Waals surface area (Å²) < 4.78 is 0. The standard InChI is InChI=1S/C16H16N4O3S/c1-2-3-8-12(21)17-16-19-18-13(24-16)9-20-14(22)10-6-4-5-7-11(10)15(20)23/h4-7H,2-3,8-9H2,1H3,(H,17,19,21). The Hall–Kier alpha value is -2.61. The van der Waals surface area contributed by atoms with Gasteiger partial charge in [0, 0.05) is 6.42 Å². The second-order valence-electron chi connectivity index (χ2n) is 5.39. The van der Waals surface area contributed by atoms with Crippen LogP contribution in [0.5, 0.6) is 0 Å². The summed E-state index contributed by atoms with van der Waals surface area (Å²) in [6.45, 7) is 2.06. The molecule has 1 aromatic carbocycles. The molecule has 0 saturated heterocycles. The maximum atomic E-state index is 12.3. The maximum absolute atomic E-state index is 12.3. The average Bonchev–Trinajstić information content (AvgIpc) is 3.12. The van der Waals surface area contributed by atoms with Gasteiger partial charge in [0.05, 0.1) is 17.7 Å². The SMILES string of the molecule is CCCCC(=O)Nc1nnc(CN2C(=O)c3ccccc3C2=O)s1. The van der Waals surface area contributed by atoms with Crippen molar-refractivity contribution in [1.82, 2.24) is 15.1 Å². The van der Waals surface area contributed by atoms with Crippen molar-refractivity contribution in [2.45, 2.75) is 32.7 Å². The van der Waals surface area contributed by atoms with E-state index in [9.17, 15) is 14.4 Å². The molecule has 124 valence electrons. The lowest BCUT2D eigenvalue weighted by Gasteiger charge is -2.10. The van der Waals surface area contributed by atoms with Crippen LogP contribution in [-0.2, 0) is 11.3 Å². The van der Waals surface area contributed by atoms with Crippen molar-refractivity contribution in [3.8, 4) is 0 Å². The molecule has 2 aromatic rings. The van der Waals surface area contributed by atoms with Gasteiger partial charge < -0.3 is 5.32 Å². The summed E-state index contributed by atoms with van der Waals surface area (Å²) in [5, 5.41) is 11.4. The summed E-state index contributed by atoms with van der Waals surface area (Å²) in [6, 6.07) is 6.72. The number of imide groups is 1. The molecule has 0 unspecified atom stereocenters. The highest BCUT2D eigenvalue weighted by Crippen LogP contribution is 2.25. The summed E-state index contributed by atoms with van der Waals surface area (Å²) in [4.78, 5) is 37.4. The number of amides is 3. The molecule has 24 heavy (non-hydrogen) atoms. The largest absolute Gasteiger partial charge is 0.301 e. The molecule has 0 spiro atoms. The number of hydrogen-bond donors (Lipinski definition) is 1. The first-order valence-corrected chi connectivity index (χ1v) is 8.49. The van der Waals surface area contributed by atoms with Gasteiger partial charge in [0.1, 0.15) is 5.01 Å². The minimum atomic E-state index is -0.334.